The summed E-state index contributed by atoms with van der Waals surface area (Å²) in [4.78, 5) is 2.17. The van der Waals surface area contributed by atoms with Crippen molar-refractivity contribution in [2.75, 3.05) is 0 Å². The molecule has 264 valence electrons. The van der Waals surface area contributed by atoms with Crippen LogP contribution in [-0.4, -0.2) is 42.7 Å². The monoisotopic (exact) mass is 740 g/mol. The second kappa shape index (κ2) is 13.6. The van der Waals surface area contributed by atoms with E-state index in [0.717, 1.165) is 86.8 Å². The molecule has 2 atom stereocenters. The first-order valence-electron chi connectivity index (χ1n) is 17.4. The summed E-state index contributed by atoms with van der Waals surface area (Å²) in [6.07, 6.45) is 3.34. The summed E-state index contributed by atoms with van der Waals surface area (Å²) < 4.78 is 37.4. The van der Waals surface area contributed by atoms with E-state index in [9.17, 15) is 23.2 Å². The molecule has 4 aromatic heterocycles. The lowest BCUT2D eigenvalue weighted by molar-refractivity contribution is 0.148. The van der Waals surface area contributed by atoms with Crippen molar-refractivity contribution in [1.29, 1.82) is 0 Å². The molecule has 0 bridgehead atoms. The number of aliphatic hydroxyl groups excluding tert-OH is 2. The van der Waals surface area contributed by atoms with Crippen LogP contribution in [0.25, 0.3) is 22.5 Å². The van der Waals surface area contributed by atoms with Crippen LogP contribution in [0.2, 0.25) is 0 Å². The largest absolute Gasteiger partial charge is 0.387 e. The first-order chi connectivity index (χ1) is 24.5. The molecule has 2 unspecified atom stereocenters. The summed E-state index contributed by atoms with van der Waals surface area (Å²) in [7, 11) is -4.32. The maximum Gasteiger partial charge on any atom is 0.304 e. The molecule has 0 fully saturated rings. The molecule has 0 aliphatic heterocycles. The second-order valence-electron chi connectivity index (χ2n) is 13.9. The van der Waals surface area contributed by atoms with Gasteiger partial charge in [-0.25, -0.2) is 0 Å². The van der Waals surface area contributed by atoms with Crippen LogP contribution in [0, 0.1) is 13.8 Å². The molecule has 4 heterocycles. The zero-order valence-electron chi connectivity index (χ0n) is 28.5. The van der Waals surface area contributed by atoms with Crippen LogP contribution < -0.4 is 0 Å². The molecule has 3 N–H and O–H groups in total. The minimum atomic E-state index is -4.32. The van der Waals surface area contributed by atoms with E-state index in [1.54, 1.807) is 11.3 Å². The number of aryl methyl sites for hydroxylation is 2. The number of unbranched alkanes of at least 4 members (excludes halogenated alkanes) is 2. The van der Waals surface area contributed by atoms with Crippen molar-refractivity contribution < 1.29 is 23.2 Å². The molecule has 2 aliphatic carbocycles. The molecular formula is C39H40N4O5S3. The normalized spacial score (nSPS) is 14.4. The molecule has 0 radical (unpaired) electrons. The standard InChI is InChI=1S/C39H40N4O5S3/c1-23-8-12-25(13-9-23)21-42-38-27-16-17-49-33(27)18-29(38)36(40-42)31(44)6-4-3-5-7-32(45)37-30-19-34-28(20-35(50-34)51(46,47)48)39(30)43(41-37)22-26-14-10-24(2)11-15-26/h8-17,20,31-32,44-45H,3-7,18-19,21-22H2,1-2H3,(H,46,47,48). The van der Waals surface area contributed by atoms with Gasteiger partial charge in [0.15, 0.2) is 0 Å². The fourth-order valence-electron chi connectivity index (χ4n) is 7.48. The van der Waals surface area contributed by atoms with Crippen LogP contribution in [0.3, 0.4) is 0 Å². The highest BCUT2D eigenvalue weighted by Gasteiger charge is 2.34. The zero-order chi connectivity index (χ0) is 35.4. The summed E-state index contributed by atoms with van der Waals surface area (Å²) in [5.41, 5.74) is 12.0. The van der Waals surface area contributed by atoms with Gasteiger partial charge in [-0.3, -0.25) is 13.9 Å². The molecule has 9 nitrogen and oxygen atoms in total. The summed E-state index contributed by atoms with van der Waals surface area (Å²) in [6, 6.07) is 20.4. The van der Waals surface area contributed by atoms with Gasteiger partial charge in [0, 0.05) is 44.8 Å². The van der Waals surface area contributed by atoms with Crippen LogP contribution in [-0.2, 0) is 36.0 Å². The number of aromatic nitrogens is 4. The fraction of sp³-hybridized carbons (Fsp3) is 0.333. The van der Waals surface area contributed by atoms with Crippen LogP contribution >= 0.6 is 22.7 Å². The van der Waals surface area contributed by atoms with Gasteiger partial charge in [-0.05, 0) is 55.3 Å². The maximum atomic E-state index is 11.9. The molecule has 2 aromatic carbocycles. The molecule has 2 aliphatic rings. The highest BCUT2D eigenvalue weighted by molar-refractivity contribution is 7.88. The number of nitrogens with zero attached hydrogens (tertiary/aromatic N) is 4. The van der Waals surface area contributed by atoms with Crippen molar-refractivity contribution in [3.05, 3.63) is 121 Å². The summed E-state index contributed by atoms with van der Waals surface area (Å²) >= 11 is 2.83. The van der Waals surface area contributed by atoms with E-state index in [0.29, 0.717) is 38.0 Å². The SMILES string of the molecule is Cc1ccc(Cn2nc(C(O)CCCCCC(O)c3nn(Cc4ccc(C)cc4)c4c3Cc3sc(S(=O)(=O)O)cc3-4)c3c2-c2ccsc2C3)cc1. The van der Waals surface area contributed by atoms with Gasteiger partial charge in [-0.1, -0.05) is 78.9 Å². The number of hydrogen-bond donors (Lipinski definition) is 3. The minimum Gasteiger partial charge on any atom is -0.387 e. The number of thiophene rings is 2. The zero-order valence-corrected chi connectivity index (χ0v) is 31.0. The van der Waals surface area contributed by atoms with E-state index in [1.807, 2.05) is 35.9 Å². The first-order valence-corrected chi connectivity index (χ1v) is 20.5. The molecular weight excluding hydrogens is 701 g/mol. The van der Waals surface area contributed by atoms with E-state index < -0.39 is 22.3 Å². The van der Waals surface area contributed by atoms with Crippen LogP contribution in [0.5, 0.6) is 0 Å². The highest BCUT2D eigenvalue weighted by atomic mass is 32.3. The van der Waals surface area contributed by atoms with Crippen molar-refractivity contribution in [3.63, 3.8) is 0 Å². The van der Waals surface area contributed by atoms with E-state index in [2.05, 4.69) is 47.3 Å². The van der Waals surface area contributed by atoms with Gasteiger partial charge in [0.2, 0.25) is 0 Å². The van der Waals surface area contributed by atoms with Crippen molar-refractivity contribution in [3.8, 4) is 22.5 Å². The maximum absolute atomic E-state index is 11.9. The third-order valence-electron chi connectivity index (χ3n) is 10.1. The summed E-state index contributed by atoms with van der Waals surface area (Å²) in [5, 5.41) is 34.8. The van der Waals surface area contributed by atoms with E-state index in [1.165, 1.54) is 27.6 Å². The van der Waals surface area contributed by atoms with E-state index in [-0.39, 0.29) is 4.21 Å². The molecule has 0 saturated heterocycles. The Hall–Kier alpha value is -3.91. The van der Waals surface area contributed by atoms with Gasteiger partial charge >= 0.3 is 10.1 Å². The lowest BCUT2D eigenvalue weighted by atomic mass is 10.0. The van der Waals surface area contributed by atoms with Crippen molar-refractivity contribution in [2.45, 2.75) is 88.3 Å². The van der Waals surface area contributed by atoms with Crippen LogP contribution in [0.1, 0.15) is 98.8 Å². The summed E-state index contributed by atoms with van der Waals surface area (Å²) in [5.74, 6) is 0. The van der Waals surface area contributed by atoms with Gasteiger partial charge < -0.3 is 10.2 Å². The molecule has 51 heavy (non-hydrogen) atoms. The molecule has 0 saturated carbocycles. The molecule has 0 amide bonds. The van der Waals surface area contributed by atoms with Gasteiger partial charge in [0.25, 0.3) is 0 Å². The Labute approximate surface area is 305 Å². The Balaban J connectivity index is 0.936. The average Bonchev–Trinajstić information content (AvgIpc) is 3.92. The Morgan fingerprint density at radius 1 is 0.725 bits per heavy atom. The lowest BCUT2D eigenvalue weighted by Crippen LogP contribution is -2.07. The Morgan fingerprint density at radius 3 is 1.76 bits per heavy atom. The van der Waals surface area contributed by atoms with Crippen molar-refractivity contribution in [2.24, 2.45) is 0 Å². The predicted molar refractivity (Wildman–Crippen MR) is 200 cm³/mol. The predicted octanol–water partition coefficient (Wildman–Crippen LogP) is 8.02. The van der Waals surface area contributed by atoms with E-state index >= 15 is 0 Å². The molecule has 8 rings (SSSR count). The van der Waals surface area contributed by atoms with Crippen molar-refractivity contribution >= 4 is 32.8 Å². The fourth-order valence-corrected chi connectivity index (χ4v) is 10.3. The number of fused-ring (bicyclic) bond motifs is 6. The Kier molecular flexibility index (Phi) is 9.10. The van der Waals surface area contributed by atoms with Gasteiger partial charge in [0.1, 0.15) is 4.21 Å². The average molecular weight is 741 g/mol. The summed E-state index contributed by atoms with van der Waals surface area (Å²) in [6.45, 7) is 5.25. The number of benzene rings is 2. The van der Waals surface area contributed by atoms with E-state index in [4.69, 9.17) is 10.2 Å². The Morgan fingerprint density at radius 2 is 1.24 bits per heavy atom. The third kappa shape index (κ3) is 6.65. The number of hydrogen-bond acceptors (Lipinski definition) is 8. The number of rotatable bonds is 13. The quantitative estimate of drug-likeness (QED) is 0.0806. The Bertz CT molecular complexity index is 2330. The van der Waals surface area contributed by atoms with Gasteiger partial charge in [0.05, 0.1) is 48.1 Å². The highest BCUT2D eigenvalue weighted by Crippen LogP contribution is 2.46. The van der Waals surface area contributed by atoms with Crippen LogP contribution in [0.15, 0.2) is 70.3 Å². The lowest BCUT2D eigenvalue weighted by Gasteiger charge is -2.12. The minimum absolute atomic E-state index is 0.0791. The van der Waals surface area contributed by atoms with Crippen LogP contribution in [0.4, 0.5) is 0 Å². The molecule has 12 heteroatoms. The van der Waals surface area contributed by atoms with Crippen molar-refractivity contribution in [1.82, 2.24) is 19.6 Å². The number of aliphatic hydroxyl groups is 2. The molecule has 0 spiro atoms. The smallest absolute Gasteiger partial charge is 0.304 e. The first kappa shape index (κ1) is 34.2. The van der Waals surface area contributed by atoms with Gasteiger partial charge in [-0.2, -0.15) is 18.6 Å². The molecule has 6 aromatic rings. The van der Waals surface area contributed by atoms with Gasteiger partial charge in [-0.15, -0.1) is 22.7 Å². The second-order valence-corrected chi connectivity index (χ2v) is 17.7. The topological polar surface area (TPSA) is 130 Å². The third-order valence-corrected chi connectivity index (χ3v) is 13.5.